The molecular formula is C20H15ClF3N3O4. The SMILES string of the molecule is O=C(NCc1cc(F)cc(Cl)c1)C1(O)CCN(c2ccc3c(c2)C(F)(F)C(=O)N3)C1=O. The van der Waals surface area contributed by atoms with Crippen LogP contribution in [0, 0.1) is 5.82 Å². The van der Waals surface area contributed by atoms with E-state index in [1.807, 2.05) is 5.32 Å². The lowest BCUT2D eigenvalue weighted by Gasteiger charge is -2.22. The quantitative estimate of drug-likeness (QED) is 0.619. The molecule has 1 fully saturated rings. The van der Waals surface area contributed by atoms with Crippen molar-refractivity contribution in [3.63, 3.8) is 0 Å². The van der Waals surface area contributed by atoms with E-state index in [2.05, 4.69) is 5.32 Å². The number of rotatable bonds is 4. The highest BCUT2D eigenvalue weighted by atomic mass is 35.5. The molecule has 2 heterocycles. The number of hydrogen-bond acceptors (Lipinski definition) is 4. The van der Waals surface area contributed by atoms with Gasteiger partial charge in [0.05, 0.1) is 11.3 Å². The van der Waals surface area contributed by atoms with Gasteiger partial charge in [0.1, 0.15) is 5.82 Å². The zero-order valence-electron chi connectivity index (χ0n) is 15.7. The van der Waals surface area contributed by atoms with E-state index >= 15 is 0 Å². The Morgan fingerprint density at radius 2 is 1.97 bits per heavy atom. The molecule has 0 radical (unpaired) electrons. The Hall–Kier alpha value is -3.11. The highest BCUT2D eigenvalue weighted by Crippen LogP contribution is 2.43. The maximum Gasteiger partial charge on any atom is 0.352 e. The smallest absolute Gasteiger partial charge is 0.352 e. The average molecular weight is 454 g/mol. The molecule has 3 N–H and O–H groups in total. The van der Waals surface area contributed by atoms with Crippen LogP contribution in [0.3, 0.4) is 0 Å². The van der Waals surface area contributed by atoms with Gasteiger partial charge in [-0.05, 0) is 42.0 Å². The summed E-state index contributed by atoms with van der Waals surface area (Å²) in [6, 6.07) is 7.17. The first-order chi connectivity index (χ1) is 14.5. The topological polar surface area (TPSA) is 98.7 Å². The maximum atomic E-state index is 14.0. The van der Waals surface area contributed by atoms with Crippen LogP contribution in [0.15, 0.2) is 36.4 Å². The molecule has 2 aromatic carbocycles. The summed E-state index contributed by atoms with van der Waals surface area (Å²) in [4.78, 5) is 37.7. The second-order valence-corrected chi connectivity index (χ2v) is 7.72. The third-order valence-electron chi connectivity index (χ3n) is 5.23. The van der Waals surface area contributed by atoms with Crippen molar-refractivity contribution in [2.24, 2.45) is 0 Å². The van der Waals surface area contributed by atoms with Gasteiger partial charge in [-0.2, -0.15) is 8.78 Å². The summed E-state index contributed by atoms with van der Waals surface area (Å²) in [5, 5.41) is 15.2. The molecule has 162 valence electrons. The molecule has 2 aromatic rings. The molecule has 1 saturated heterocycles. The van der Waals surface area contributed by atoms with Crippen molar-refractivity contribution in [1.29, 1.82) is 0 Å². The van der Waals surface area contributed by atoms with Crippen LogP contribution in [0.1, 0.15) is 17.5 Å². The van der Waals surface area contributed by atoms with E-state index in [1.165, 1.54) is 18.2 Å². The maximum absolute atomic E-state index is 14.0. The van der Waals surface area contributed by atoms with Gasteiger partial charge in [-0.25, -0.2) is 4.39 Å². The van der Waals surface area contributed by atoms with E-state index in [1.54, 1.807) is 0 Å². The van der Waals surface area contributed by atoms with Crippen LogP contribution in [0.4, 0.5) is 24.5 Å². The lowest BCUT2D eigenvalue weighted by atomic mass is 10.0. The molecule has 0 spiro atoms. The number of carbonyl (C=O) groups excluding carboxylic acids is 3. The van der Waals surface area contributed by atoms with Crippen molar-refractivity contribution in [1.82, 2.24) is 5.32 Å². The molecule has 0 aliphatic carbocycles. The van der Waals surface area contributed by atoms with Gasteiger partial charge >= 0.3 is 5.92 Å². The Morgan fingerprint density at radius 3 is 2.68 bits per heavy atom. The molecule has 7 nitrogen and oxygen atoms in total. The summed E-state index contributed by atoms with van der Waals surface area (Å²) in [6.07, 6.45) is -0.285. The van der Waals surface area contributed by atoms with Crippen LogP contribution in [-0.2, 0) is 26.9 Å². The summed E-state index contributed by atoms with van der Waals surface area (Å²) in [7, 11) is 0. The number of fused-ring (bicyclic) bond motifs is 1. The molecular weight excluding hydrogens is 439 g/mol. The summed E-state index contributed by atoms with van der Waals surface area (Å²) in [5.41, 5.74) is -2.76. The normalized spacial score (nSPS) is 21.8. The van der Waals surface area contributed by atoms with E-state index in [0.29, 0.717) is 5.56 Å². The average Bonchev–Trinajstić information content (AvgIpc) is 3.13. The van der Waals surface area contributed by atoms with E-state index < -0.39 is 40.6 Å². The van der Waals surface area contributed by atoms with Gasteiger partial charge in [-0.3, -0.25) is 14.4 Å². The first kappa shape index (κ1) is 21.1. The summed E-state index contributed by atoms with van der Waals surface area (Å²) < 4.78 is 41.5. The third kappa shape index (κ3) is 3.51. The number of anilines is 2. The van der Waals surface area contributed by atoms with Crippen LogP contribution in [0.2, 0.25) is 5.02 Å². The van der Waals surface area contributed by atoms with Gasteiger partial charge in [0.2, 0.25) is 5.60 Å². The van der Waals surface area contributed by atoms with Crippen molar-refractivity contribution >= 4 is 40.7 Å². The molecule has 1 atom stereocenters. The standard InChI is InChI=1S/C20H15ClF3N3O4/c21-11-5-10(6-12(22)7-11)9-25-16(28)19(31)3-4-27(18(19)30)13-1-2-15-14(8-13)20(23,24)17(29)26-15/h1-2,5-8,31H,3-4,9H2,(H,25,28)(H,26,29). The van der Waals surface area contributed by atoms with Crippen LogP contribution in [0.5, 0.6) is 0 Å². The molecule has 31 heavy (non-hydrogen) atoms. The minimum absolute atomic E-state index is 0.0144. The van der Waals surface area contributed by atoms with Gasteiger partial charge in [-0.15, -0.1) is 0 Å². The Balaban J connectivity index is 1.51. The highest BCUT2D eigenvalue weighted by Gasteiger charge is 2.53. The zero-order chi connectivity index (χ0) is 22.6. The van der Waals surface area contributed by atoms with E-state index in [9.17, 15) is 32.7 Å². The van der Waals surface area contributed by atoms with Crippen LogP contribution in [-0.4, -0.2) is 35.0 Å². The Kier molecular flexibility index (Phi) is 4.94. The summed E-state index contributed by atoms with van der Waals surface area (Å²) in [5.74, 6) is -7.85. The minimum atomic E-state index is -3.76. The first-order valence-electron chi connectivity index (χ1n) is 9.14. The summed E-state index contributed by atoms with van der Waals surface area (Å²) >= 11 is 5.76. The van der Waals surface area contributed by atoms with Crippen LogP contribution < -0.4 is 15.5 Å². The first-order valence-corrected chi connectivity index (χ1v) is 9.51. The number of carbonyl (C=O) groups is 3. The van der Waals surface area contributed by atoms with Crippen LogP contribution in [0.25, 0.3) is 0 Å². The number of aliphatic hydroxyl groups is 1. The van der Waals surface area contributed by atoms with Gasteiger partial charge in [0.25, 0.3) is 17.7 Å². The van der Waals surface area contributed by atoms with Gasteiger partial charge in [0.15, 0.2) is 0 Å². The Morgan fingerprint density at radius 1 is 1.23 bits per heavy atom. The number of alkyl halides is 2. The van der Waals surface area contributed by atoms with Gasteiger partial charge in [-0.1, -0.05) is 11.6 Å². The molecule has 0 saturated carbocycles. The fourth-order valence-corrected chi connectivity index (χ4v) is 3.84. The largest absolute Gasteiger partial charge is 0.372 e. The highest BCUT2D eigenvalue weighted by molar-refractivity contribution is 6.30. The molecule has 11 heteroatoms. The molecule has 4 rings (SSSR count). The Bertz CT molecular complexity index is 1110. The second kappa shape index (κ2) is 7.24. The number of amides is 3. The predicted octanol–water partition coefficient (Wildman–Crippen LogP) is 2.31. The fraction of sp³-hybridized carbons (Fsp3) is 0.250. The van der Waals surface area contributed by atoms with Gasteiger partial charge in [0, 0.05) is 30.2 Å². The summed E-state index contributed by atoms with van der Waals surface area (Å²) in [6.45, 7) is -0.301. The minimum Gasteiger partial charge on any atom is -0.372 e. The lowest BCUT2D eigenvalue weighted by Crippen LogP contribution is -2.52. The van der Waals surface area contributed by atoms with Crippen molar-refractivity contribution in [3.05, 3.63) is 58.4 Å². The number of nitrogens with zero attached hydrogens (tertiary/aromatic N) is 1. The number of nitrogens with one attached hydrogen (secondary N) is 2. The Labute approximate surface area is 178 Å². The van der Waals surface area contributed by atoms with Crippen molar-refractivity contribution in [2.45, 2.75) is 24.5 Å². The predicted molar refractivity (Wildman–Crippen MR) is 104 cm³/mol. The van der Waals surface area contributed by atoms with Crippen molar-refractivity contribution in [2.75, 3.05) is 16.8 Å². The molecule has 0 bridgehead atoms. The number of hydrogen-bond donors (Lipinski definition) is 3. The zero-order valence-corrected chi connectivity index (χ0v) is 16.5. The second-order valence-electron chi connectivity index (χ2n) is 7.29. The molecule has 0 aromatic heterocycles. The molecule has 1 unspecified atom stereocenters. The third-order valence-corrected chi connectivity index (χ3v) is 5.45. The van der Waals surface area contributed by atoms with Crippen molar-refractivity contribution < 1.29 is 32.7 Å². The molecule has 2 aliphatic rings. The fourth-order valence-electron chi connectivity index (χ4n) is 3.60. The molecule has 2 aliphatic heterocycles. The van der Waals surface area contributed by atoms with E-state index in [0.717, 1.165) is 23.1 Å². The lowest BCUT2D eigenvalue weighted by molar-refractivity contribution is -0.149. The number of halogens is 4. The van der Waals surface area contributed by atoms with E-state index in [4.69, 9.17) is 11.6 Å². The van der Waals surface area contributed by atoms with Crippen LogP contribution >= 0.6 is 11.6 Å². The van der Waals surface area contributed by atoms with Crippen molar-refractivity contribution in [3.8, 4) is 0 Å². The number of benzene rings is 2. The molecule has 3 amide bonds. The van der Waals surface area contributed by atoms with Gasteiger partial charge < -0.3 is 20.6 Å². The van der Waals surface area contributed by atoms with E-state index in [-0.39, 0.29) is 35.9 Å². The monoisotopic (exact) mass is 453 g/mol.